The Morgan fingerprint density at radius 2 is 1.67 bits per heavy atom. The molecule has 2 aliphatic heterocycles. The smallest absolute Gasteiger partial charge is 0.225 e. The van der Waals surface area contributed by atoms with Crippen molar-refractivity contribution in [3.8, 4) is 0 Å². The lowest BCUT2D eigenvalue weighted by Gasteiger charge is -2.38. The fourth-order valence-electron chi connectivity index (χ4n) is 3.75. The number of likely N-dealkylation sites (tertiary alicyclic amines) is 1. The Morgan fingerprint density at radius 3 is 2.25 bits per heavy atom. The van der Waals surface area contributed by atoms with E-state index in [4.69, 9.17) is 5.73 Å². The highest BCUT2D eigenvalue weighted by Crippen LogP contribution is 2.28. The lowest BCUT2D eigenvalue weighted by Crippen LogP contribution is -2.51. The molecule has 0 aromatic carbocycles. The summed E-state index contributed by atoms with van der Waals surface area (Å²) in [5.74, 6) is 2.24. The van der Waals surface area contributed by atoms with Gasteiger partial charge < -0.3 is 15.5 Å². The molecule has 6 nitrogen and oxygen atoms in total. The molecule has 0 spiro atoms. The molecule has 3 rings (SSSR count). The van der Waals surface area contributed by atoms with Gasteiger partial charge in [0.2, 0.25) is 5.91 Å². The first-order chi connectivity index (χ1) is 11.6. The van der Waals surface area contributed by atoms with Gasteiger partial charge in [0.1, 0.15) is 0 Å². The summed E-state index contributed by atoms with van der Waals surface area (Å²) in [4.78, 5) is 23.5. The van der Waals surface area contributed by atoms with Crippen LogP contribution in [-0.4, -0.2) is 78.9 Å². The number of piperazine rings is 1. The second-order valence-corrected chi connectivity index (χ2v) is 7.70. The Bertz CT molecular complexity index is 446. The Balaban J connectivity index is 1.34. The van der Waals surface area contributed by atoms with Crippen LogP contribution in [0.3, 0.4) is 0 Å². The van der Waals surface area contributed by atoms with Crippen molar-refractivity contribution in [3.05, 3.63) is 0 Å². The van der Waals surface area contributed by atoms with E-state index in [0.29, 0.717) is 17.8 Å². The number of piperidine rings is 1. The number of guanidine groups is 1. The quantitative estimate of drug-likeness (QED) is 0.614. The molecule has 0 unspecified atom stereocenters. The molecule has 0 aromatic rings. The minimum atomic E-state index is 0.327. The van der Waals surface area contributed by atoms with Gasteiger partial charge in [0, 0.05) is 51.7 Å². The summed E-state index contributed by atoms with van der Waals surface area (Å²) < 4.78 is 0. The molecule has 1 aliphatic carbocycles. The van der Waals surface area contributed by atoms with Crippen LogP contribution in [-0.2, 0) is 4.79 Å². The van der Waals surface area contributed by atoms with Crippen LogP contribution in [0.15, 0.2) is 4.99 Å². The molecule has 2 N–H and O–H groups in total. The summed E-state index contributed by atoms with van der Waals surface area (Å²) in [6.07, 6.45) is 5.86. The summed E-state index contributed by atoms with van der Waals surface area (Å²) in [5, 5.41) is 0. The van der Waals surface area contributed by atoms with Gasteiger partial charge in [0.15, 0.2) is 5.96 Å². The number of hydrogen-bond donors (Lipinski definition) is 1. The van der Waals surface area contributed by atoms with Crippen molar-refractivity contribution < 1.29 is 4.79 Å². The van der Waals surface area contributed by atoms with E-state index in [1.54, 1.807) is 0 Å². The zero-order chi connectivity index (χ0) is 16.9. The van der Waals surface area contributed by atoms with Gasteiger partial charge in [-0.15, -0.1) is 0 Å². The summed E-state index contributed by atoms with van der Waals surface area (Å²) in [7, 11) is 0. The third-order valence-electron chi connectivity index (χ3n) is 5.94. The van der Waals surface area contributed by atoms with E-state index < -0.39 is 0 Å². The first-order valence-electron chi connectivity index (χ1n) is 9.69. The number of amides is 1. The highest BCUT2D eigenvalue weighted by molar-refractivity contribution is 5.79. The highest BCUT2D eigenvalue weighted by Gasteiger charge is 2.31. The molecule has 2 saturated heterocycles. The molecule has 6 heteroatoms. The SMILES string of the molecule is CC1CCN(C(N)=NCCN2CCN(C(=O)C3CCC3)CC2)CC1. The monoisotopic (exact) mass is 335 g/mol. The second kappa shape index (κ2) is 8.19. The third kappa shape index (κ3) is 4.41. The van der Waals surface area contributed by atoms with E-state index in [2.05, 4.69) is 26.6 Å². The summed E-state index contributed by atoms with van der Waals surface area (Å²) in [6.45, 7) is 9.77. The van der Waals surface area contributed by atoms with Gasteiger partial charge in [-0.3, -0.25) is 14.7 Å². The number of nitrogens with zero attached hydrogens (tertiary/aromatic N) is 4. The van der Waals surface area contributed by atoms with Gasteiger partial charge in [-0.25, -0.2) is 0 Å². The summed E-state index contributed by atoms with van der Waals surface area (Å²) in [6, 6.07) is 0. The minimum absolute atomic E-state index is 0.327. The zero-order valence-corrected chi connectivity index (χ0v) is 15.1. The predicted octanol–water partition coefficient (Wildman–Crippen LogP) is 0.977. The van der Waals surface area contributed by atoms with Crippen LogP contribution in [0.25, 0.3) is 0 Å². The average molecular weight is 335 g/mol. The van der Waals surface area contributed by atoms with E-state index in [1.165, 1.54) is 19.3 Å². The normalized spacial score (nSPS) is 25.0. The van der Waals surface area contributed by atoms with Gasteiger partial charge in [0.25, 0.3) is 0 Å². The molecule has 24 heavy (non-hydrogen) atoms. The molecule has 0 radical (unpaired) electrons. The first-order valence-corrected chi connectivity index (χ1v) is 9.69. The van der Waals surface area contributed by atoms with Gasteiger partial charge in [-0.05, 0) is 31.6 Å². The zero-order valence-electron chi connectivity index (χ0n) is 15.1. The lowest BCUT2D eigenvalue weighted by atomic mass is 9.84. The van der Waals surface area contributed by atoms with Crippen LogP contribution in [0, 0.1) is 11.8 Å². The molecule has 2 heterocycles. The third-order valence-corrected chi connectivity index (χ3v) is 5.94. The van der Waals surface area contributed by atoms with Crippen molar-refractivity contribution >= 4 is 11.9 Å². The first kappa shape index (κ1) is 17.5. The molecule has 3 fully saturated rings. The molecule has 0 bridgehead atoms. The fourth-order valence-corrected chi connectivity index (χ4v) is 3.75. The molecule has 1 amide bonds. The number of aliphatic imine (C=N–C) groups is 1. The van der Waals surface area contributed by atoms with Gasteiger partial charge in [-0.1, -0.05) is 13.3 Å². The van der Waals surface area contributed by atoms with Crippen LogP contribution in [0.5, 0.6) is 0 Å². The highest BCUT2D eigenvalue weighted by atomic mass is 16.2. The van der Waals surface area contributed by atoms with Crippen molar-refractivity contribution in [3.63, 3.8) is 0 Å². The van der Waals surface area contributed by atoms with Gasteiger partial charge >= 0.3 is 0 Å². The summed E-state index contributed by atoms with van der Waals surface area (Å²) in [5.41, 5.74) is 6.13. The van der Waals surface area contributed by atoms with Crippen molar-refractivity contribution in [1.82, 2.24) is 14.7 Å². The molecule has 0 atom stereocenters. The van der Waals surface area contributed by atoms with E-state index in [9.17, 15) is 4.79 Å². The van der Waals surface area contributed by atoms with Crippen molar-refractivity contribution in [1.29, 1.82) is 0 Å². The average Bonchev–Trinajstić information content (AvgIpc) is 2.54. The second-order valence-electron chi connectivity index (χ2n) is 7.70. The minimum Gasteiger partial charge on any atom is -0.370 e. The van der Waals surface area contributed by atoms with E-state index in [1.807, 2.05) is 0 Å². The maximum atomic E-state index is 12.3. The number of carbonyl (C=O) groups excluding carboxylic acids is 1. The van der Waals surface area contributed by atoms with Crippen LogP contribution in [0.2, 0.25) is 0 Å². The Morgan fingerprint density at radius 1 is 1.00 bits per heavy atom. The maximum absolute atomic E-state index is 12.3. The van der Waals surface area contributed by atoms with Crippen LogP contribution >= 0.6 is 0 Å². The van der Waals surface area contributed by atoms with Gasteiger partial charge in [-0.2, -0.15) is 0 Å². The van der Waals surface area contributed by atoms with Crippen molar-refractivity contribution in [2.24, 2.45) is 22.6 Å². The topological polar surface area (TPSA) is 65.2 Å². The van der Waals surface area contributed by atoms with Crippen LogP contribution in [0.1, 0.15) is 39.0 Å². The molecule has 0 aromatic heterocycles. The summed E-state index contributed by atoms with van der Waals surface area (Å²) >= 11 is 0. The molecular formula is C18H33N5O. The Labute approximate surface area is 146 Å². The molecule has 3 aliphatic rings. The Hall–Kier alpha value is -1.30. The van der Waals surface area contributed by atoms with Crippen molar-refractivity contribution in [2.45, 2.75) is 39.0 Å². The maximum Gasteiger partial charge on any atom is 0.225 e. The van der Waals surface area contributed by atoms with E-state index >= 15 is 0 Å². The van der Waals surface area contributed by atoms with Gasteiger partial charge in [0.05, 0.1) is 6.54 Å². The van der Waals surface area contributed by atoms with Crippen molar-refractivity contribution in [2.75, 3.05) is 52.4 Å². The predicted molar refractivity (Wildman–Crippen MR) is 96.8 cm³/mol. The number of rotatable bonds is 4. The molecular weight excluding hydrogens is 302 g/mol. The van der Waals surface area contributed by atoms with E-state index in [0.717, 1.165) is 71.1 Å². The lowest BCUT2D eigenvalue weighted by molar-refractivity contribution is -0.139. The number of nitrogens with two attached hydrogens (primary N) is 1. The molecule has 136 valence electrons. The number of hydrogen-bond acceptors (Lipinski definition) is 3. The van der Waals surface area contributed by atoms with E-state index in [-0.39, 0.29) is 0 Å². The largest absolute Gasteiger partial charge is 0.370 e. The standard InChI is InChI=1S/C18H33N5O/c1-15-5-8-23(9-6-15)18(19)20-7-10-21-11-13-22(14-12-21)17(24)16-3-2-4-16/h15-16H,2-14H2,1H3,(H2,19,20). The van der Waals surface area contributed by atoms with Crippen LogP contribution < -0.4 is 5.73 Å². The Kier molecular flexibility index (Phi) is 5.98. The number of carbonyl (C=O) groups is 1. The van der Waals surface area contributed by atoms with Crippen LogP contribution in [0.4, 0.5) is 0 Å². The fraction of sp³-hybridized carbons (Fsp3) is 0.889. The molecule has 1 saturated carbocycles.